The first-order chi connectivity index (χ1) is 10.1. The summed E-state index contributed by atoms with van der Waals surface area (Å²) >= 11 is 1.88. The molecule has 21 heavy (non-hydrogen) atoms. The molecule has 114 valence electrons. The van der Waals surface area contributed by atoms with Crippen LogP contribution < -0.4 is 5.32 Å². The largest absolute Gasteiger partial charge is 0.349 e. The van der Waals surface area contributed by atoms with Gasteiger partial charge in [-0.15, -0.1) is 11.3 Å². The van der Waals surface area contributed by atoms with Crippen LogP contribution in [0, 0.1) is 13.8 Å². The van der Waals surface area contributed by atoms with E-state index >= 15 is 0 Å². The molecule has 0 saturated heterocycles. The molecule has 1 aliphatic carbocycles. The maximum atomic E-state index is 4.55. The van der Waals surface area contributed by atoms with E-state index in [1.54, 1.807) is 0 Å². The van der Waals surface area contributed by atoms with Crippen molar-refractivity contribution in [3.05, 3.63) is 33.8 Å². The normalized spacial score (nSPS) is 17.9. The van der Waals surface area contributed by atoms with Gasteiger partial charge >= 0.3 is 0 Å². The van der Waals surface area contributed by atoms with Gasteiger partial charge in [0, 0.05) is 28.2 Å². The second-order valence-corrected chi connectivity index (χ2v) is 7.65. The summed E-state index contributed by atoms with van der Waals surface area (Å²) in [6, 6.07) is 3.23. The fourth-order valence-electron chi connectivity index (χ4n) is 3.43. The molecule has 2 heterocycles. The average molecular weight is 303 g/mol. The van der Waals surface area contributed by atoms with E-state index in [4.69, 9.17) is 0 Å². The molecular formula is C17H25N3S. The zero-order valence-corrected chi connectivity index (χ0v) is 14.0. The second kappa shape index (κ2) is 6.22. The molecule has 2 aromatic heterocycles. The minimum absolute atomic E-state index is 0.305. The van der Waals surface area contributed by atoms with Gasteiger partial charge in [0.2, 0.25) is 5.95 Å². The number of anilines is 1. The number of hydrogen-bond acceptors (Lipinski definition) is 3. The third-order valence-corrected chi connectivity index (χ3v) is 5.51. The quantitative estimate of drug-likeness (QED) is 0.837. The molecule has 3 nitrogen and oxygen atoms in total. The number of nitrogens with one attached hydrogen (secondary N) is 1. The van der Waals surface area contributed by atoms with Crippen molar-refractivity contribution in [2.75, 3.05) is 5.32 Å². The van der Waals surface area contributed by atoms with Crippen LogP contribution in [0.25, 0.3) is 0 Å². The van der Waals surface area contributed by atoms with Crippen molar-refractivity contribution < 1.29 is 0 Å². The van der Waals surface area contributed by atoms with E-state index in [9.17, 15) is 0 Å². The zero-order valence-electron chi connectivity index (χ0n) is 13.2. The molecule has 1 saturated carbocycles. The summed E-state index contributed by atoms with van der Waals surface area (Å²) in [6.07, 6.45) is 10.7. The van der Waals surface area contributed by atoms with Crippen LogP contribution in [0.4, 0.5) is 5.95 Å². The maximum Gasteiger partial charge on any atom is 0.203 e. The second-order valence-electron chi connectivity index (χ2n) is 6.18. The predicted molar refractivity (Wildman–Crippen MR) is 90.2 cm³/mol. The van der Waals surface area contributed by atoms with Crippen LogP contribution in [0.1, 0.15) is 66.4 Å². The lowest BCUT2D eigenvalue weighted by atomic mass is 9.95. The van der Waals surface area contributed by atoms with Gasteiger partial charge in [0.05, 0.1) is 6.04 Å². The molecule has 0 bridgehead atoms. The van der Waals surface area contributed by atoms with Gasteiger partial charge in [-0.25, -0.2) is 4.98 Å². The van der Waals surface area contributed by atoms with Crippen LogP contribution in [0.2, 0.25) is 0 Å². The zero-order chi connectivity index (χ0) is 14.8. The van der Waals surface area contributed by atoms with Gasteiger partial charge in [-0.1, -0.05) is 19.3 Å². The number of imidazole rings is 1. The van der Waals surface area contributed by atoms with Crippen molar-refractivity contribution in [2.24, 2.45) is 0 Å². The van der Waals surface area contributed by atoms with Crippen molar-refractivity contribution in [3.8, 4) is 0 Å². The molecule has 1 N–H and O–H groups in total. The van der Waals surface area contributed by atoms with Gasteiger partial charge in [0.1, 0.15) is 0 Å². The van der Waals surface area contributed by atoms with E-state index in [1.165, 1.54) is 47.4 Å². The van der Waals surface area contributed by atoms with Gasteiger partial charge in [0.15, 0.2) is 0 Å². The average Bonchev–Trinajstić information content (AvgIpc) is 3.06. The Hall–Kier alpha value is -1.29. The van der Waals surface area contributed by atoms with Crippen LogP contribution in [-0.2, 0) is 0 Å². The molecule has 1 unspecified atom stereocenters. The van der Waals surface area contributed by atoms with E-state index in [-0.39, 0.29) is 0 Å². The van der Waals surface area contributed by atoms with Crippen molar-refractivity contribution in [1.82, 2.24) is 9.55 Å². The summed E-state index contributed by atoms with van der Waals surface area (Å²) in [5, 5.41) is 3.62. The Morgan fingerprint density at radius 2 is 2.05 bits per heavy atom. The molecule has 0 amide bonds. The van der Waals surface area contributed by atoms with Crippen LogP contribution in [0.15, 0.2) is 18.5 Å². The first kappa shape index (κ1) is 14.6. The molecular weight excluding hydrogens is 278 g/mol. The first-order valence-corrected chi connectivity index (χ1v) is 8.83. The standard InChI is InChI=1S/C17H25N3S/c1-12-11-16(14(3)21-12)13(2)19-17-18-9-10-20(17)15-7-5-4-6-8-15/h9-11,13,15H,4-8H2,1-3H3,(H,18,19). The van der Waals surface area contributed by atoms with E-state index < -0.39 is 0 Å². The van der Waals surface area contributed by atoms with Crippen molar-refractivity contribution in [2.45, 2.75) is 65.0 Å². The molecule has 0 aliphatic heterocycles. The van der Waals surface area contributed by atoms with Crippen LogP contribution in [-0.4, -0.2) is 9.55 Å². The minimum atomic E-state index is 0.305. The lowest BCUT2D eigenvalue weighted by molar-refractivity contribution is 0.355. The van der Waals surface area contributed by atoms with Gasteiger partial charge in [-0.2, -0.15) is 0 Å². The van der Waals surface area contributed by atoms with Gasteiger partial charge in [0.25, 0.3) is 0 Å². The number of aromatic nitrogens is 2. The summed E-state index contributed by atoms with van der Waals surface area (Å²) in [5.41, 5.74) is 1.40. The highest BCUT2D eigenvalue weighted by Gasteiger charge is 2.19. The molecule has 2 aromatic rings. The van der Waals surface area contributed by atoms with Crippen LogP contribution >= 0.6 is 11.3 Å². The lowest BCUT2D eigenvalue weighted by Crippen LogP contribution is -2.17. The monoisotopic (exact) mass is 303 g/mol. The number of rotatable bonds is 4. The smallest absolute Gasteiger partial charge is 0.203 e. The summed E-state index contributed by atoms with van der Waals surface area (Å²) in [6.45, 7) is 6.62. The molecule has 1 atom stereocenters. The molecule has 0 aromatic carbocycles. The van der Waals surface area contributed by atoms with Crippen molar-refractivity contribution in [1.29, 1.82) is 0 Å². The Balaban J connectivity index is 1.76. The topological polar surface area (TPSA) is 29.9 Å². The first-order valence-electron chi connectivity index (χ1n) is 8.01. The Bertz CT molecular complexity index is 593. The molecule has 4 heteroatoms. The number of nitrogens with zero attached hydrogens (tertiary/aromatic N) is 2. The molecule has 1 aliphatic rings. The fourth-order valence-corrected chi connectivity index (χ4v) is 4.45. The third-order valence-electron chi connectivity index (χ3n) is 4.53. The van der Waals surface area contributed by atoms with E-state index in [0.717, 1.165) is 5.95 Å². The lowest BCUT2D eigenvalue weighted by Gasteiger charge is -2.26. The molecule has 0 spiro atoms. The van der Waals surface area contributed by atoms with E-state index in [0.29, 0.717) is 12.1 Å². The minimum Gasteiger partial charge on any atom is -0.349 e. The molecule has 1 fully saturated rings. The van der Waals surface area contributed by atoms with Crippen LogP contribution in [0.5, 0.6) is 0 Å². The molecule has 0 radical (unpaired) electrons. The van der Waals surface area contributed by atoms with Crippen LogP contribution in [0.3, 0.4) is 0 Å². The van der Waals surface area contributed by atoms with Gasteiger partial charge in [-0.05, 0) is 45.2 Å². The Kier molecular flexibility index (Phi) is 4.34. The van der Waals surface area contributed by atoms with Gasteiger partial charge in [-0.3, -0.25) is 0 Å². The van der Waals surface area contributed by atoms with Crippen molar-refractivity contribution in [3.63, 3.8) is 0 Å². The Labute approximate surface area is 131 Å². The van der Waals surface area contributed by atoms with Gasteiger partial charge < -0.3 is 9.88 Å². The predicted octanol–water partition coefficient (Wildman–Crippen LogP) is 5.24. The van der Waals surface area contributed by atoms with E-state index in [2.05, 4.69) is 47.9 Å². The van der Waals surface area contributed by atoms with Crippen molar-refractivity contribution >= 4 is 17.3 Å². The number of aryl methyl sites for hydroxylation is 2. The summed E-state index contributed by atoms with van der Waals surface area (Å²) in [4.78, 5) is 7.34. The maximum absolute atomic E-state index is 4.55. The number of thiophene rings is 1. The SMILES string of the molecule is Cc1cc(C(C)Nc2nccn2C2CCCCC2)c(C)s1. The third kappa shape index (κ3) is 3.15. The highest BCUT2D eigenvalue weighted by molar-refractivity contribution is 7.12. The molecule has 3 rings (SSSR count). The highest BCUT2D eigenvalue weighted by atomic mass is 32.1. The Morgan fingerprint density at radius 1 is 1.29 bits per heavy atom. The Morgan fingerprint density at radius 3 is 2.71 bits per heavy atom. The summed E-state index contributed by atoms with van der Waals surface area (Å²) < 4.78 is 2.35. The van der Waals surface area contributed by atoms with E-state index in [1.807, 2.05) is 17.5 Å². The number of hydrogen-bond donors (Lipinski definition) is 1. The summed E-state index contributed by atoms with van der Waals surface area (Å²) in [5.74, 6) is 1.03. The highest BCUT2D eigenvalue weighted by Crippen LogP contribution is 2.32. The summed E-state index contributed by atoms with van der Waals surface area (Å²) in [7, 11) is 0. The fraction of sp³-hybridized carbons (Fsp3) is 0.588.